The van der Waals surface area contributed by atoms with Crippen molar-refractivity contribution in [3.8, 4) is 11.9 Å². The molecular weight excluding hydrogens is 335 g/mol. The van der Waals surface area contributed by atoms with Gasteiger partial charge in [-0.2, -0.15) is 5.26 Å². The van der Waals surface area contributed by atoms with E-state index >= 15 is 0 Å². The van der Waals surface area contributed by atoms with Gasteiger partial charge in [-0.1, -0.05) is 19.3 Å². The summed E-state index contributed by atoms with van der Waals surface area (Å²) in [4.78, 5) is 25.6. The molecule has 0 bridgehead atoms. The fraction of sp³-hybridized carbons (Fsp3) is 0.350. The summed E-state index contributed by atoms with van der Waals surface area (Å²) in [5.74, 6) is -1.43. The highest BCUT2D eigenvalue weighted by Crippen LogP contribution is 2.33. The van der Waals surface area contributed by atoms with E-state index in [0.717, 1.165) is 31.4 Å². The molecule has 26 heavy (non-hydrogen) atoms. The highest BCUT2D eigenvalue weighted by molar-refractivity contribution is 6.11. The monoisotopic (exact) mass is 354 g/mol. The smallest absolute Gasteiger partial charge is 0.271 e. The number of aromatic hydroxyl groups is 1. The molecule has 0 atom stereocenters. The number of hydrogen-bond donors (Lipinski definition) is 1. The molecule has 1 N–H and O–H groups in total. The Morgan fingerprint density at radius 1 is 1.23 bits per heavy atom. The molecule has 0 aliphatic heterocycles. The van der Waals surface area contributed by atoms with Crippen LogP contribution >= 0.6 is 0 Å². The van der Waals surface area contributed by atoms with E-state index in [0.29, 0.717) is 12.8 Å². The first kappa shape index (κ1) is 17.9. The second-order valence-electron chi connectivity index (χ2n) is 6.61. The summed E-state index contributed by atoms with van der Waals surface area (Å²) in [6, 6.07) is 6.58. The third-order valence-corrected chi connectivity index (χ3v) is 5.02. The number of benzene rings is 1. The fourth-order valence-electron chi connectivity index (χ4n) is 3.62. The van der Waals surface area contributed by atoms with E-state index in [4.69, 9.17) is 0 Å². The van der Waals surface area contributed by atoms with Crippen LogP contribution in [0.5, 0.6) is 5.88 Å². The van der Waals surface area contributed by atoms with Gasteiger partial charge in [-0.3, -0.25) is 14.2 Å². The molecule has 0 radical (unpaired) electrons. The summed E-state index contributed by atoms with van der Waals surface area (Å²) < 4.78 is 14.3. The Hall–Kier alpha value is -2.94. The largest absolute Gasteiger partial charge is 0.494 e. The van der Waals surface area contributed by atoms with Gasteiger partial charge in [0.15, 0.2) is 5.78 Å². The Labute approximate surface area is 150 Å². The second-order valence-corrected chi connectivity index (χ2v) is 6.61. The molecule has 0 saturated heterocycles. The number of nitriles is 1. The number of pyridine rings is 1. The second kappa shape index (κ2) is 7.12. The molecule has 0 amide bonds. The highest BCUT2D eigenvalue weighted by atomic mass is 19.1. The van der Waals surface area contributed by atoms with E-state index in [1.165, 1.54) is 23.6 Å². The molecular formula is C20H19FN2O3. The molecule has 1 aliphatic rings. The van der Waals surface area contributed by atoms with E-state index in [2.05, 4.69) is 0 Å². The third-order valence-electron chi connectivity index (χ3n) is 5.02. The van der Waals surface area contributed by atoms with E-state index in [1.807, 2.05) is 6.07 Å². The van der Waals surface area contributed by atoms with Crippen LogP contribution in [0.4, 0.5) is 4.39 Å². The SMILES string of the molecule is Cc1c(C(=O)c2ccc(F)cc2)c(O)n(C2CCCCC2)c(=O)c1C#N. The zero-order chi connectivity index (χ0) is 18.8. The van der Waals surface area contributed by atoms with Crippen LogP contribution < -0.4 is 5.56 Å². The molecule has 0 spiro atoms. The average molecular weight is 354 g/mol. The first-order chi connectivity index (χ1) is 12.5. The quantitative estimate of drug-likeness (QED) is 0.854. The van der Waals surface area contributed by atoms with Crippen LogP contribution in [-0.4, -0.2) is 15.5 Å². The van der Waals surface area contributed by atoms with Gasteiger partial charge in [-0.25, -0.2) is 4.39 Å². The van der Waals surface area contributed by atoms with Crippen molar-refractivity contribution in [3.05, 3.63) is 62.7 Å². The Morgan fingerprint density at radius 3 is 2.42 bits per heavy atom. The predicted octanol–water partition coefficient (Wildman–Crippen LogP) is 3.61. The van der Waals surface area contributed by atoms with Crippen LogP contribution in [0.1, 0.15) is 65.2 Å². The molecule has 1 aromatic carbocycles. The lowest BCUT2D eigenvalue weighted by Gasteiger charge is -2.26. The summed E-state index contributed by atoms with van der Waals surface area (Å²) in [5.41, 5.74) is -0.443. The summed E-state index contributed by atoms with van der Waals surface area (Å²) in [7, 11) is 0. The minimum Gasteiger partial charge on any atom is -0.494 e. The van der Waals surface area contributed by atoms with Crippen molar-refractivity contribution in [3.63, 3.8) is 0 Å². The normalized spacial score (nSPS) is 14.8. The average Bonchev–Trinajstić information content (AvgIpc) is 2.63. The van der Waals surface area contributed by atoms with Gasteiger partial charge in [0.25, 0.3) is 5.56 Å². The van der Waals surface area contributed by atoms with Crippen LogP contribution in [0.25, 0.3) is 0 Å². The molecule has 3 rings (SSSR count). The Bertz CT molecular complexity index is 949. The molecule has 1 fully saturated rings. The molecule has 134 valence electrons. The number of halogens is 1. The fourth-order valence-corrected chi connectivity index (χ4v) is 3.62. The van der Waals surface area contributed by atoms with Gasteiger partial charge in [0.2, 0.25) is 5.88 Å². The molecule has 5 nitrogen and oxygen atoms in total. The summed E-state index contributed by atoms with van der Waals surface area (Å²) >= 11 is 0. The Kier molecular flexibility index (Phi) is 4.90. The standard InChI is InChI=1S/C20H19FN2O3/c1-12-16(11-22)19(25)23(15-5-3-2-4-6-15)20(26)17(12)18(24)13-7-9-14(21)10-8-13/h7-10,15,26H,2-6H2,1H3. The molecule has 0 unspecified atom stereocenters. The van der Waals surface area contributed by atoms with Crippen molar-refractivity contribution < 1.29 is 14.3 Å². The zero-order valence-electron chi connectivity index (χ0n) is 14.5. The number of hydrogen-bond acceptors (Lipinski definition) is 4. The van der Waals surface area contributed by atoms with Crippen molar-refractivity contribution in [2.75, 3.05) is 0 Å². The van der Waals surface area contributed by atoms with Gasteiger partial charge >= 0.3 is 0 Å². The maximum atomic E-state index is 13.1. The summed E-state index contributed by atoms with van der Waals surface area (Å²) in [6.07, 6.45) is 4.34. The van der Waals surface area contributed by atoms with Crippen molar-refractivity contribution in [2.24, 2.45) is 0 Å². The Balaban J connectivity index is 2.21. The predicted molar refractivity (Wildman–Crippen MR) is 93.8 cm³/mol. The van der Waals surface area contributed by atoms with Crippen LogP contribution in [0.3, 0.4) is 0 Å². The zero-order valence-corrected chi connectivity index (χ0v) is 14.5. The molecule has 1 aromatic heterocycles. The summed E-state index contributed by atoms with van der Waals surface area (Å²) in [5, 5.41) is 20.2. The van der Waals surface area contributed by atoms with Crippen molar-refractivity contribution >= 4 is 5.78 Å². The number of carbonyl (C=O) groups is 1. The first-order valence-corrected chi connectivity index (χ1v) is 8.64. The third kappa shape index (κ3) is 3.01. The van der Waals surface area contributed by atoms with Gasteiger partial charge in [-0.15, -0.1) is 0 Å². The first-order valence-electron chi connectivity index (χ1n) is 8.64. The van der Waals surface area contributed by atoms with Crippen molar-refractivity contribution in [1.82, 2.24) is 4.57 Å². The van der Waals surface area contributed by atoms with Gasteiger partial charge in [0.05, 0.1) is 5.56 Å². The minimum atomic E-state index is -0.565. The lowest BCUT2D eigenvalue weighted by molar-refractivity contribution is 0.103. The van der Waals surface area contributed by atoms with Crippen LogP contribution in [0.2, 0.25) is 0 Å². The Morgan fingerprint density at radius 2 is 1.85 bits per heavy atom. The van der Waals surface area contributed by atoms with E-state index in [9.17, 15) is 24.3 Å². The van der Waals surface area contributed by atoms with E-state index < -0.39 is 23.0 Å². The highest BCUT2D eigenvalue weighted by Gasteiger charge is 2.28. The van der Waals surface area contributed by atoms with Crippen LogP contribution in [-0.2, 0) is 0 Å². The van der Waals surface area contributed by atoms with Gasteiger partial charge < -0.3 is 5.11 Å². The number of aromatic nitrogens is 1. The molecule has 6 heteroatoms. The van der Waals surface area contributed by atoms with Gasteiger partial charge in [-0.05, 0) is 49.6 Å². The van der Waals surface area contributed by atoms with Crippen molar-refractivity contribution in [2.45, 2.75) is 45.1 Å². The van der Waals surface area contributed by atoms with Gasteiger partial charge in [0, 0.05) is 11.6 Å². The van der Waals surface area contributed by atoms with Crippen LogP contribution in [0, 0.1) is 24.1 Å². The number of ketones is 1. The lowest BCUT2D eigenvalue weighted by atomic mass is 9.93. The van der Waals surface area contributed by atoms with Gasteiger partial charge in [0.1, 0.15) is 17.4 Å². The van der Waals surface area contributed by atoms with E-state index in [1.54, 1.807) is 0 Å². The molecule has 2 aromatic rings. The van der Waals surface area contributed by atoms with E-state index in [-0.39, 0.29) is 28.3 Å². The molecule has 1 aliphatic carbocycles. The molecule has 1 heterocycles. The lowest BCUT2D eigenvalue weighted by Crippen LogP contribution is -2.31. The number of rotatable bonds is 3. The van der Waals surface area contributed by atoms with Crippen molar-refractivity contribution in [1.29, 1.82) is 5.26 Å². The number of nitrogens with zero attached hydrogens (tertiary/aromatic N) is 2. The minimum absolute atomic E-state index is 0.0710. The molecule has 1 saturated carbocycles. The number of carbonyl (C=O) groups excluding carboxylic acids is 1. The maximum absolute atomic E-state index is 13.1. The van der Waals surface area contributed by atoms with Crippen LogP contribution in [0.15, 0.2) is 29.1 Å². The maximum Gasteiger partial charge on any atom is 0.271 e. The topological polar surface area (TPSA) is 83.1 Å². The summed E-state index contributed by atoms with van der Waals surface area (Å²) in [6.45, 7) is 1.47.